The van der Waals surface area contributed by atoms with E-state index in [2.05, 4.69) is 22.0 Å². The van der Waals surface area contributed by atoms with Crippen molar-refractivity contribution >= 4 is 24.2 Å². The lowest BCUT2D eigenvalue weighted by Crippen LogP contribution is -2.42. The Morgan fingerprint density at radius 3 is 2.91 bits per heavy atom. The quantitative estimate of drug-likeness (QED) is 0.615. The first kappa shape index (κ1) is 23.6. The molecule has 2 aromatic rings. The molecule has 1 fully saturated rings. The molecular formula is C23H26FN5O5. The van der Waals surface area contributed by atoms with Crippen LogP contribution in [0.25, 0.3) is 0 Å². The molecule has 4 rings (SSSR count). The number of aromatic nitrogens is 2. The van der Waals surface area contributed by atoms with Gasteiger partial charge < -0.3 is 20.1 Å². The number of fused-ring (bicyclic) bond motifs is 1. The Hall–Kier alpha value is -3.60. The molecule has 0 bridgehead atoms. The summed E-state index contributed by atoms with van der Waals surface area (Å²) in [6, 6.07) is 3.69. The van der Waals surface area contributed by atoms with Gasteiger partial charge in [-0.15, -0.1) is 0 Å². The molecule has 1 aromatic carbocycles. The zero-order valence-corrected chi connectivity index (χ0v) is 19.0. The number of amides is 2. The van der Waals surface area contributed by atoms with E-state index in [4.69, 9.17) is 4.74 Å². The van der Waals surface area contributed by atoms with Gasteiger partial charge in [-0.2, -0.15) is 0 Å². The predicted octanol–water partition coefficient (Wildman–Crippen LogP) is 1.48. The number of aromatic hydroxyl groups is 1. The van der Waals surface area contributed by atoms with E-state index in [9.17, 15) is 23.9 Å². The fourth-order valence-electron chi connectivity index (χ4n) is 4.39. The molecule has 34 heavy (non-hydrogen) atoms. The summed E-state index contributed by atoms with van der Waals surface area (Å²) in [6.07, 6.45) is 0.867. The van der Waals surface area contributed by atoms with Gasteiger partial charge in [-0.1, -0.05) is 6.07 Å². The van der Waals surface area contributed by atoms with Crippen LogP contribution in [0.2, 0.25) is 0 Å². The van der Waals surface area contributed by atoms with Crippen molar-refractivity contribution in [3.8, 4) is 5.75 Å². The average molecular weight is 471 g/mol. The highest BCUT2D eigenvalue weighted by Gasteiger charge is 2.35. The lowest BCUT2D eigenvalue weighted by Gasteiger charge is -2.32. The van der Waals surface area contributed by atoms with Crippen LogP contribution in [-0.4, -0.2) is 52.4 Å². The van der Waals surface area contributed by atoms with Crippen LogP contribution < -0.4 is 15.8 Å². The van der Waals surface area contributed by atoms with Crippen molar-refractivity contribution in [2.24, 2.45) is 4.99 Å². The molecule has 2 aliphatic heterocycles. The highest BCUT2D eigenvalue weighted by molar-refractivity contribution is 5.97. The van der Waals surface area contributed by atoms with E-state index in [1.807, 2.05) is 0 Å². The van der Waals surface area contributed by atoms with Crippen molar-refractivity contribution in [2.45, 2.75) is 51.4 Å². The van der Waals surface area contributed by atoms with Crippen LogP contribution in [0.4, 0.5) is 10.1 Å². The fraction of sp³-hybridized carbons (Fsp3) is 0.435. The molecule has 2 aliphatic rings. The number of halogens is 1. The number of carbonyl (C=O) groups is 2. The molecule has 180 valence electrons. The summed E-state index contributed by atoms with van der Waals surface area (Å²) >= 11 is 0. The van der Waals surface area contributed by atoms with E-state index in [-0.39, 0.29) is 37.5 Å². The number of carbonyl (C=O) groups excluding carboxylic acids is 2. The molecule has 0 aliphatic carbocycles. The van der Waals surface area contributed by atoms with Crippen LogP contribution in [0, 0.1) is 5.82 Å². The second-order valence-electron chi connectivity index (χ2n) is 8.77. The molecule has 11 heteroatoms. The summed E-state index contributed by atoms with van der Waals surface area (Å²) in [6.45, 7) is 7.62. The number of aliphatic imine (C=N–C) groups is 1. The van der Waals surface area contributed by atoms with Crippen molar-refractivity contribution in [2.75, 3.05) is 18.1 Å². The normalized spacial score (nSPS) is 19.1. The fourth-order valence-corrected chi connectivity index (χ4v) is 4.39. The SMILES string of the molecule is C=NC[C@H]1CCC(=O)N1c1cc(F)ccc1CNC(=O)c1nc2n(c(=O)c1O)CCOC2(C)C. The zero-order valence-electron chi connectivity index (χ0n) is 19.0. The molecule has 0 unspecified atom stereocenters. The number of hydrogen-bond acceptors (Lipinski definition) is 7. The van der Waals surface area contributed by atoms with Gasteiger partial charge in [0.1, 0.15) is 17.2 Å². The van der Waals surface area contributed by atoms with Gasteiger partial charge in [0.15, 0.2) is 5.69 Å². The van der Waals surface area contributed by atoms with Gasteiger partial charge in [-0.25, -0.2) is 9.37 Å². The molecule has 0 saturated carbocycles. The number of rotatable bonds is 6. The largest absolute Gasteiger partial charge is 0.501 e. The molecule has 10 nitrogen and oxygen atoms in total. The van der Waals surface area contributed by atoms with Crippen LogP contribution in [-0.2, 0) is 28.2 Å². The number of nitrogens with one attached hydrogen (secondary N) is 1. The maximum absolute atomic E-state index is 14.1. The first-order valence-corrected chi connectivity index (χ1v) is 10.9. The van der Waals surface area contributed by atoms with E-state index >= 15 is 0 Å². The Kier molecular flexibility index (Phi) is 6.22. The van der Waals surface area contributed by atoms with E-state index in [0.29, 0.717) is 30.6 Å². The van der Waals surface area contributed by atoms with Crippen LogP contribution in [0.3, 0.4) is 0 Å². The minimum atomic E-state index is -0.922. The summed E-state index contributed by atoms with van der Waals surface area (Å²) in [4.78, 5) is 47.7. The average Bonchev–Trinajstić information content (AvgIpc) is 3.15. The zero-order chi connectivity index (χ0) is 24.6. The van der Waals surface area contributed by atoms with Crippen LogP contribution in [0.5, 0.6) is 5.75 Å². The van der Waals surface area contributed by atoms with Crippen molar-refractivity contribution in [3.63, 3.8) is 0 Å². The maximum Gasteiger partial charge on any atom is 0.296 e. The lowest BCUT2D eigenvalue weighted by molar-refractivity contribution is -0.117. The van der Waals surface area contributed by atoms with Crippen LogP contribution >= 0.6 is 0 Å². The molecular weight excluding hydrogens is 445 g/mol. The van der Waals surface area contributed by atoms with Crippen molar-refractivity contribution < 1.29 is 23.8 Å². The third-order valence-corrected chi connectivity index (χ3v) is 6.09. The minimum absolute atomic E-state index is 0.0914. The first-order valence-electron chi connectivity index (χ1n) is 10.9. The Morgan fingerprint density at radius 2 is 2.18 bits per heavy atom. The predicted molar refractivity (Wildman–Crippen MR) is 122 cm³/mol. The highest BCUT2D eigenvalue weighted by Crippen LogP contribution is 2.31. The van der Waals surface area contributed by atoms with Crippen LogP contribution in [0.1, 0.15) is 48.6 Å². The molecule has 3 heterocycles. The second kappa shape index (κ2) is 8.98. The molecule has 1 aromatic heterocycles. The molecule has 0 spiro atoms. The van der Waals surface area contributed by atoms with Crippen LogP contribution in [0.15, 0.2) is 28.0 Å². The summed E-state index contributed by atoms with van der Waals surface area (Å²) in [5.74, 6) is -2.01. The van der Waals surface area contributed by atoms with E-state index in [1.54, 1.807) is 13.8 Å². The van der Waals surface area contributed by atoms with E-state index < -0.39 is 34.3 Å². The summed E-state index contributed by atoms with van der Waals surface area (Å²) in [7, 11) is 0. The maximum atomic E-state index is 14.1. The minimum Gasteiger partial charge on any atom is -0.501 e. The molecule has 1 saturated heterocycles. The summed E-state index contributed by atoms with van der Waals surface area (Å²) < 4.78 is 21.0. The van der Waals surface area contributed by atoms with Gasteiger partial charge in [-0.3, -0.25) is 23.9 Å². The molecule has 2 amide bonds. The molecule has 1 atom stereocenters. The first-order chi connectivity index (χ1) is 16.1. The van der Waals surface area contributed by atoms with Gasteiger partial charge >= 0.3 is 0 Å². The number of benzene rings is 1. The van der Waals surface area contributed by atoms with E-state index in [0.717, 1.165) is 0 Å². The number of ether oxygens (including phenoxy) is 1. The Bertz CT molecular complexity index is 1220. The summed E-state index contributed by atoms with van der Waals surface area (Å²) in [5, 5.41) is 13.0. The topological polar surface area (TPSA) is 126 Å². The van der Waals surface area contributed by atoms with Crippen molar-refractivity contribution in [1.29, 1.82) is 0 Å². The Morgan fingerprint density at radius 1 is 1.41 bits per heavy atom. The highest BCUT2D eigenvalue weighted by atomic mass is 19.1. The van der Waals surface area contributed by atoms with Gasteiger partial charge in [0.05, 0.1) is 31.4 Å². The number of hydrogen-bond donors (Lipinski definition) is 2. The third kappa shape index (κ3) is 4.18. The Balaban J connectivity index is 1.63. The van der Waals surface area contributed by atoms with Gasteiger partial charge in [0.25, 0.3) is 11.5 Å². The second-order valence-corrected chi connectivity index (χ2v) is 8.77. The van der Waals surface area contributed by atoms with Crippen molar-refractivity contribution in [1.82, 2.24) is 14.9 Å². The molecule has 0 radical (unpaired) electrons. The summed E-state index contributed by atoms with van der Waals surface area (Å²) in [5.41, 5.74) is -1.26. The lowest BCUT2D eigenvalue weighted by atomic mass is 10.1. The van der Waals surface area contributed by atoms with E-state index in [1.165, 1.54) is 27.7 Å². The number of nitrogens with zero attached hydrogens (tertiary/aromatic N) is 4. The molecule has 2 N–H and O–H groups in total. The Labute approximate surface area is 195 Å². The monoisotopic (exact) mass is 471 g/mol. The number of anilines is 1. The third-order valence-electron chi connectivity index (χ3n) is 6.09. The van der Waals surface area contributed by atoms with Crippen molar-refractivity contribution in [3.05, 3.63) is 51.5 Å². The van der Waals surface area contributed by atoms with Gasteiger partial charge in [0.2, 0.25) is 11.7 Å². The van der Waals surface area contributed by atoms with Gasteiger partial charge in [0, 0.05) is 13.0 Å². The smallest absolute Gasteiger partial charge is 0.296 e. The standard InChI is InChI=1S/C23H26FN5O5/c1-23(2)22-27-18(19(31)21(33)28(22)8-9-34-23)20(32)26-11-13-4-5-14(24)10-16(13)29-15(12-25-3)6-7-17(29)30/h4-5,10,15,31H,3,6-9,11-12H2,1-2H3,(H,26,32)/t15-/m1/s1. The van der Waals surface area contributed by atoms with Gasteiger partial charge in [-0.05, 0) is 44.7 Å².